The van der Waals surface area contributed by atoms with E-state index in [4.69, 9.17) is 20.1 Å². The number of hydrogen-bond acceptors (Lipinski definition) is 9. The summed E-state index contributed by atoms with van der Waals surface area (Å²) in [7, 11) is -4.51. The molecule has 7 N–H and O–H groups in total. The number of carboxylic acid groups (broad SMARTS) is 1. The van der Waals surface area contributed by atoms with Crippen LogP contribution in [0.15, 0.2) is 17.1 Å². The largest absolute Gasteiger partial charge is 0.480 e. The Hall–Kier alpha value is -1.86. The van der Waals surface area contributed by atoms with E-state index in [9.17, 15) is 29.3 Å². The van der Waals surface area contributed by atoms with Gasteiger partial charge in [0.25, 0.3) is 0 Å². The van der Waals surface area contributed by atoms with Gasteiger partial charge in [-0.1, -0.05) is 0 Å². The van der Waals surface area contributed by atoms with Crippen LogP contribution < -0.4 is 16.5 Å². The maximum absolute atomic E-state index is 11.8. The molecule has 1 aliphatic rings. The van der Waals surface area contributed by atoms with Gasteiger partial charge >= 0.3 is 19.4 Å². The van der Waals surface area contributed by atoms with Gasteiger partial charge in [0.1, 0.15) is 30.2 Å². The summed E-state index contributed by atoms with van der Waals surface area (Å²) >= 11 is 0. The molecule has 2 unspecified atom stereocenters. The number of aliphatic hydroxyl groups is 2. The number of hydrogen-bond donors (Lipinski definition) is 6. The number of anilines is 1. The maximum atomic E-state index is 11.8. The van der Waals surface area contributed by atoms with Crippen molar-refractivity contribution in [3.63, 3.8) is 0 Å². The Bertz CT molecular complexity index is 771. The number of aliphatic hydroxyl groups excluding tert-OH is 2. The van der Waals surface area contributed by atoms with E-state index in [-0.39, 0.29) is 5.82 Å². The molecule has 1 saturated heterocycles. The van der Waals surface area contributed by atoms with E-state index >= 15 is 0 Å². The lowest BCUT2D eigenvalue weighted by atomic mass is 10.1. The van der Waals surface area contributed by atoms with Crippen LogP contribution in [0.1, 0.15) is 13.2 Å². The Morgan fingerprint density at radius 2 is 2.19 bits per heavy atom. The molecule has 26 heavy (non-hydrogen) atoms. The van der Waals surface area contributed by atoms with Crippen molar-refractivity contribution in [3.8, 4) is 0 Å². The lowest BCUT2D eigenvalue weighted by molar-refractivity contribution is -0.138. The number of nitrogen functional groups attached to an aromatic ring is 1. The van der Waals surface area contributed by atoms with E-state index in [0.29, 0.717) is 0 Å². The number of nitrogens with zero attached hydrogens (tertiary/aromatic N) is 2. The summed E-state index contributed by atoms with van der Waals surface area (Å²) in [6, 6.07) is -0.0784. The minimum atomic E-state index is -4.51. The SMILES string of the molecule is C[C@H](NP(=O)(O)OC[C@H]1OC(n2ccc(N)nc2=O)[C@H](O)[C@@H]1O)C(=O)O. The zero-order valence-electron chi connectivity index (χ0n) is 13.5. The fourth-order valence-corrected chi connectivity index (χ4v) is 3.25. The van der Waals surface area contributed by atoms with Crippen LogP contribution in [0.2, 0.25) is 0 Å². The summed E-state index contributed by atoms with van der Waals surface area (Å²) in [6.45, 7) is 0.481. The van der Waals surface area contributed by atoms with Gasteiger partial charge in [-0.3, -0.25) is 13.9 Å². The van der Waals surface area contributed by atoms with E-state index in [0.717, 1.165) is 11.5 Å². The Morgan fingerprint density at radius 3 is 2.77 bits per heavy atom. The number of carbonyl (C=O) groups is 1. The molecule has 0 bridgehead atoms. The third-order valence-electron chi connectivity index (χ3n) is 3.60. The first-order valence-electron chi connectivity index (χ1n) is 7.36. The zero-order chi connectivity index (χ0) is 19.6. The second kappa shape index (κ2) is 7.80. The van der Waals surface area contributed by atoms with Crippen LogP contribution >= 0.6 is 7.75 Å². The fraction of sp³-hybridized carbons (Fsp3) is 0.583. The van der Waals surface area contributed by atoms with Crippen molar-refractivity contribution in [2.45, 2.75) is 37.5 Å². The zero-order valence-corrected chi connectivity index (χ0v) is 14.4. The van der Waals surface area contributed by atoms with Gasteiger partial charge < -0.3 is 30.7 Å². The first kappa shape index (κ1) is 20.5. The summed E-state index contributed by atoms with van der Waals surface area (Å²) in [5.74, 6) is -1.41. The second-order valence-corrected chi connectivity index (χ2v) is 7.15. The van der Waals surface area contributed by atoms with E-state index in [2.05, 4.69) is 4.98 Å². The number of aromatic nitrogens is 2. The lowest BCUT2D eigenvalue weighted by Crippen LogP contribution is -2.36. The summed E-state index contributed by atoms with van der Waals surface area (Å²) in [6.07, 6.45) is -4.45. The van der Waals surface area contributed by atoms with Gasteiger partial charge in [0.05, 0.1) is 6.61 Å². The molecule has 14 heteroatoms. The van der Waals surface area contributed by atoms with E-state index < -0.39 is 56.6 Å². The summed E-state index contributed by atoms with van der Waals surface area (Å²) in [5.41, 5.74) is 4.54. The number of carboxylic acids is 1. The van der Waals surface area contributed by atoms with Crippen LogP contribution in [-0.4, -0.2) is 66.7 Å². The highest BCUT2D eigenvalue weighted by Crippen LogP contribution is 2.39. The summed E-state index contributed by atoms with van der Waals surface area (Å²) in [5, 5.41) is 30.6. The number of ether oxygens (including phenoxy) is 1. The van der Waals surface area contributed by atoms with Crippen LogP contribution in [-0.2, 0) is 18.6 Å². The van der Waals surface area contributed by atoms with Crippen LogP contribution in [0.25, 0.3) is 0 Å². The van der Waals surface area contributed by atoms with Crippen LogP contribution in [0.4, 0.5) is 5.82 Å². The van der Waals surface area contributed by atoms with Gasteiger partial charge in [-0.2, -0.15) is 4.98 Å². The molecule has 146 valence electrons. The van der Waals surface area contributed by atoms with Gasteiger partial charge in [-0.05, 0) is 13.0 Å². The first-order valence-corrected chi connectivity index (χ1v) is 8.94. The fourth-order valence-electron chi connectivity index (χ4n) is 2.23. The highest BCUT2D eigenvalue weighted by molar-refractivity contribution is 7.50. The monoisotopic (exact) mass is 394 g/mol. The molecule has 1 fully saturated rings. The van der Waals surface area contributed by atoms with Crippen LogP contribution in [0.5, 0.6) is 0 Å². The maximum Gasteiger partial charge on any atom is 0.403 e. The molecular formula is C12H19N4O9P. The van der Waals surface area contributed by atoms with Crippen molar-refractivity contribution in [2.24, 2.45) is 0 Å². The molecule has 2 heterocycles. The molecule has 0 spiro atoms. The normalized spacial score (nSPS) is 29.2. The summed E-state index contributed by atoms with van der Waals surface area (Å²) in [4.78, 5) is 35.6. The number of aliphatic carboxylic acids is 1. The molecule has 1 aromatic heterocycles. The molecule has 6 atom stereocenters. The summed E-state index contributed by atoms with van der Waals surface area (Å²) < 4.78 is 22.7. The van der Waals surface area contributed by atoms with Gasteiger partial charge in [0.15, 0.2) is 6.23 Å². The first-order chi connectivity index (χ1) is 12.0. The third kappa shape index (κ3) is 4.65. The van der Waals surface area contributed by atoms with E-state index in [1.807, 2.05) is 5.09 Å². The van der Waals surface area contributed by atoms with Gasteiger partial charge in [-0.25, -0.2) is 14.4 Å². The van der Waals surface area contributed by atoms with Crippen molar-refractivity contribution >= 4 is 19.5 Å². The molecule has 0 aliphatic carbocycles. The third-order valence-corrected chi connectivity index (χ3v) is 4.82. The Kier molecular flexibility index (Phi) is 6.13. The molecule has 0 aromatic carbocycles. The molecular weight excluding hydrogens is 375 g/mol. The minimum Gasteiger partial charge on any atom is -0.480 e. The van der Waals surface area contributed by atoms with Crippen molar-refractivity contribution in [1.82, 2.24) is 14.6 Å². The smallest absolute Gasteiger partial charge is 0.403 e. The highest BCUT2D eigenvalue weighted by atomic mass is 31.2. The standard InChI is InChI=1S/C12H19N4O9P/c1-5(11(19)20)15-26(22,23)24-4-6-8(17)9(18)10(25-6)16-3-2-7(13)14-12(16)21/h2-3,5-6,8-10,17-18H,4H2,1H3,(H,19,20)(H2,13,14,21)(H2,15,22,23)/t5-,6+,8+,9+,10?/m0/s1. The van der Waals surface area contributed by atoms with Crippen LogP contribution in [0.3, 0.4) is 0 Å². The number of nitrogens with one attached hydrogen (secondary N) is 1. The molecule has 1 aromatic rings. The topological polar surface area (TPSA) is 206 Å². The Balaban J connectivity index is 2.04. The average molecular weight is 394 g/mol. The van der Waals surface area contributed by atoms with Gasteiger partial charge in [0, 0.05) is 6.20 Å². The number of nitrogens with two attached hydrogens (primary N) is 1. The lowest BCUT2D eigenvalue weighted by Gasteiger charge is -2.19. The molecule has 1 aliphatic heterocycles. The highest BCUT2D eigenvalue weighted by Gasteiger charge is 2.45. The van der Waals surface area contributed by atoms with Crippen molar-refractivity contribution in [2.75, 3.05) is 12.3 Å². The average Bonchev–Trinajstić information content (AvgIpc) is 2.81. The van der Waals surface area contributed by atoms with Crippen LogP contribution in [0, 0.1) is 0 Å². The Morgan fingerprint density at radius 1 is 1.54 bits per heavy atom. The Labute approximate surface area is 146 Å². The van der Waals surface area contributed by atoms with Crippen molar-refractivity contribution in [3.05, 3.63) is 22.7 Å². The molecule has 2 rings (SSSR count). The molecule has 0 saturated carbocycles. The number of rotatable bonds is 7. The predicted octanol–water partition coefficient (Wildman–Crippen LogP) is -2.38. The van der Waals surface area contributed by atoms with Gasteiger partial charge in [0.2, 0.25) is 0 Å². The van der Waals surface area contributed by atoms with Crippen molar-refractivity contribution in [1.29, 1.82) is 0 Å². The van der Waals surface area contributed by atoms with Gasteiger partial charge in [-0.15, -0.1) is 0 Å². The predicted molar refractivity (Wildman–Crippen MR) is 84.8 cm³/mol. The van der Waals surface area contributed by atoms with E-state index in [1.165, 1.54) is 12.3 Å². The second-order valence-electron chi connectivity index (χ2n) is 5.59. The van der Waals surface area contributed by atoms with E-state index in [1.54, 1.807) is 0 Å². The minimum absolute atomic E-state index is 0.0426. The molecule has 13 nitrogen and oxygen atoms in total. The van der Waals surface area contributed by atoms with Crippen molar-refractivity contribution < 1.29 is 38.8 Å². The molecule has 0 amide bonds. The molecule has 0 radical (unpaired) electrons. The quantitative estimate of drug-likeness (QED) is 0.268.